The molecule has 0 N–H and O–H groups in total. The van der Waals surface area contributed by atoms with E-state index in [9.17, 15) is 9.59 Å². The van der Waals surface area contributed by atoms with Crippen LogP contribution in [0.25, 0.3) is 0 Å². The van der Waals surface area contributed by atoms with Crippen molar-refractivity contribution in [3.05, 3.63) is 102 Å². The molecular weight excluding hydrogens is 432 g/mol. The van der Waals surface area contributed by atoms with E-state index < -0.39 is 0 Å². The van der Waals surface area contributed by atoms with Gasteiger partial charge in [0.05, 0.1) is 10.9 Å². The van der Waals surface area contributed by atoms with E-state index in [4.69, 9.17) is 9.47 Å². The zero-order chi connectivity index (χ0) is 23.8. The lowest BCUT2D eigenvalue weighted by Gasteiger charge is -2.10. The summed E-state index contributed by atoms with van der Waals surface area (Å²) in [4.78, 5) is 27.4. The third kappa shape index (κ3) is 6.24. The first kappa shape index (κ1) is 24.1. The minimum atomic E-state index is -0.381. The zero-order valence-electron chi connectivity index (χ0n) is 19.2. The SMILES string of the molecule is C/C=C(\C)C(=O)Oc1ccc([S+](c2ccccc2)c2ccc(OC(=O)/C(C)=C/C)cc2)cc1. The summed E-state index contributed by atoms with van der Waals surface area (Å²) < 4.78 is 10.9. The van der Waals surface area contributed by atoms with Crippen LogP contribution in [-0.2, 0) is 20.5 Å². The van der Waals surface area contributed by atoms with Crippen LogP contribution in [0, 0.1) is 0 Å². The van der Waals surface area contributed by atoms with E-state index in [0.29, 0.717) is 22.6 Å². The Balaban J connectivity index is 1.89. The van der Waals surface area contributed by atoms with E-state index in [1.165, 1.54) is 0 Å². The van der Waals surface area contributed by atoms with Crippen molar-refractivity contribution in [1.29, 1.82) is 0 Å². The van der Waals surface area contributed by atoms with Crippen molar-refractivity contribution in [1.82, 2.24) is 0 Å². The summed E-state index contributed by atoms with van der Waals surface area (Å²) in [5.41, 5.74) is 1.13. The van der Waals surface area contributed by atoms with Gasteiger partial charge < -0.3 is 9.47 Å². The molecule has 3 aromatic carbocycles. The van der Waals surface area contributed by atoms with Gasteiger partial charge in [-0.25, -0.2) is 9.59 Å². The maximum atomic E-state index is 12.0. The molecule has 0 bridgehead atoms. The van der Waals surface area contributed by atoms with Crippen LogP contribution in [0.2, 0.25) is 0 Å². The van der Waals surface area contributed by atoms with Crippen molar-refractivity contribution in [2.75, 3.05) is 0 Å². The normalized spacial score (nSPS) is 12.7. The monoisotopic (exact) mass is 459 g/mol. The summed E-state index contributed by atoms with van der Waals surface area (Å²) >= 11 is 0. The lowest BCUT2D eigenvalue weighted by atomic mass is 10.3. The molecule has 0 amide bonds. The van der Waals surface area contributed by atoms with Crippen molar-refractivity contribution in [3.8, 4) is 11.5 Å². The summed E-state index contributed by atoms with van der Waals surface area (Å²) in [7, 11) is -0.381. The van der Waals surface area contributed by atoms with Crippen molar-refractivity contribution in [2.24, 2.45) is 0 Å². The highest BCUT2D eigenvalue weighted by Gasteiger charge is 2.28. The largest absolute Gasteiger partial charge is 0.423 e. The fourth-order valence-electron chi connectivity index (χ4n) is 2.86. The number of hydrogen-bond acceptors (Lipinski definition) is 4. The topological polar surface area (TPSA) is 52.6 Å². The average Bonchev–Trinajstić information content (AvgIpc) is 2.85. The van der Waals surface area contributed by atoms with Crippen LogP contribution in [0.1, 0.15) is 27.7 Å². The molecule has 5 heteroatoms. The number of allylic oxidation sites excluding steroid dienone is 2. The predicted molar refractivity (Wildman–Crippen MR) is 132 cm³/mol. The van der Waals surface area contributed by atoms with Crippen LogP contribution in [0.3, 0.4) is 0 Å². The van der Waals surface area contributed by atoms with Crippen LogP contribution in [0.4, 0.5) is 0 Å². The predicted octanol–water partition coefficient (Wildman–Crippen LogP) is 6.53. The zero-order valence-corrected chi connectivity index (χ0v) is 20.0. The minimum Gasteiger partial charge on any atom is -0.423 e. The van der Waals surface area contributed by atoms with Gasteiger partial charge in [0, 0.05) is 11.1 Å². The molecule has 0 aliphatic heterocycles. The van der Waals surface area contributed by atoms with Gasteiger partial charge in [0.25, 0.3) is 0 Å². The molecule has 0 aromatic heterocycles. The van der Waals surface area contributed by atoms with Gasteiger partial charge in [0.15, 0.2) is 14.7 Å². The molecule has 0 aliphatic rings. The van der Waals surface area contributed by atoms with Gasteiger partial charge in [-0.1, -0.05) is 30.4 Å². The Morgan fingerprint density at radius 3 is 1.33 bits per heavy atom. The van der Waals surface area contributed by atoms with Crippen LogP contribution >= 0.6 is 0 Å². The Morgan fingerprint density at radius 1 is 0.606 bits per heavy atom. The molecule has 0 spiro atoms. The Bertz CT molecular complexity index is 1090. The van der Waals surface area contributed by atoms with Crippen LogP contribution in [-0.4, -0.2) is 11.9 Å². The molecule has 0 unspecified atom stereocenters. The molecule has 3 rings (SSSR count). The molecule has 0 saturated heterocycles. The van der Waals surface area contributed by atoms with Gasteiger partial charge in [0.1, 0.15) is 11.5 Å². The molecule has 0 heterocycles. The lowest BCUT2D eigenvalue weighted by molar-refractivity contribution is -0.131. The molecule has 3 aromatic rings. The smallest absolute Gasteiger partial charge is 0.338 e. The summed E-state index contributed by atoms with van der Waals surface area (Å²) in [6.45, 7) is 7.06. The molecule has 0 aliphatic carbocycles. The summed E-state index contributed by atoms with van der Waals surface area (Å²) in [6.07, 6.45) is 3.45. The van der Waals surface area contributed by atoms with Gasteiger partial charge in [-0.15, -0.1) is 0 Å². The summed E-state index contributed by atoms with van der Waals surface area (Å²) in [6, 6.07) is 25.4. The third-order valence-electron chi connectivity index (χ3n) is 5.03. The second kappa shape index (κ2) is 11.3. The second-order valence-electron chi connectivity index (χ2n) is 7.28. The van der Waals surface area contributed by atoms with Crippen molar-refractivity contribution in [2.45, 2.75) is 42.4 Å². The van der Waals surface area contributed by atoms with Crippen molar-refractivity contribution < 1.29 is 19.1 Å². The lowest BCUT2D eigenvalue weighted by Crippen LogP contribution is -2.10. The van der Waals surface area contributed by atoms with Crippen LogP contribution in [0.15, 0.2) is 117 Å². The van der Waals surface area contributed by atoms with E-state index in [1.54, 1.807) is 39.8 Å². The van der Waals surface area contributed by atoms with Crippen LogP contribution < -0.4 is 9.47 Å². The molecule has 168 valence electrons. The third-order valence-corrected chi connectivity index (χ3v) is 7.26. The Morgan fingerprint density at radius 2 is 0.970 bits per heavy atom. The molecule has 0 saturated carbocycles. The first-order valence-corrected chi connectivity index (χ1v) is 11.8. The fraction of sp³-hybridized carbons (Fsp3) is 0.143. The maximum Gasteiger partial charge on any atom is 0.338 e. The first-order valence-electron chi connectivity index (χ1n) is 10.6. The van der Waals surface area contributed by atoms with Gasteiger partial charge in [-0.05, 0) is 88.4 Å². The maximum absolute atomic E-state index is 12.0. The van der Waals surface area contributed by atoms with Gasteiger partial charge in [-0.3, -0.25) is 0 Å². The molecule has 33 heavy (non-hydrogen) atoms. The van der Waals surface area contributed by atoms with Gasteiger partial charge in [-0.2, -0.15) is 0 Å². The number of benzene rings is 3. The van der Waals surface area contributed by atoms with E-state index in [2.05, 4.69) is 12.1 Å². The quantitative estimate of drug-likeness (QED) is 0.175. The highest BCUT2D eigenvalue weighted by molar-refractivity contribution is 7.97. The second-order valence-corrected chi connectivity index (χ2v) is 9.31. The van der Waals surface area contributed by atoms with Crippen molar-refractivity contribution >= 4 is 22.8 Å². The Hall–Kier alpha value is -3.57. The molecule has 0 fully saturated rings. The van der Waals surface area contributed by atoms with Crippen molar-refractivity contribution in [3.63, 3.8) is 0 Å². The van der Waals surface area contributed by atoms with E-state index in [-0.39, 0.29) is 22.8 Å². The van der Waals surface area contributed by atoms with Gasteiger partial charge >= 0.3 is 11.9 Å². The fourth-order valence-corrected chi connectivity index (χ4v) is 4.93. The minimum absolute atomic E-state index is 0.356. The first-order chi connectivity index (χ1) is 15.9. The molecule has 4 nitrogen and oxygen atoms in total. The number of hydrogen-bond donors (Lipinski definition) is 0. The highest BCUT2D eigenvalue weighted by Crippen LogP contribution is 2.33. The molecule has 0 atom stereocenters. The number of carbonyl (C=O) groups excluding carboxylic acids is 2. The van der Waals surface area contributed by atoms with E-state index in [1.807, 2.05) is 66.7 Å². The number of esters is 2. The Kier molecular flexibility index (Phi) is 8.28. The van der Waals surface area contributed by atoms with E-state index >= 15 is 0 Å². The standard InChI is InChI=1S/C28H27O4S/c1-5-20(3)27(29)31-22-12-16-25(17-13-22)33(24-10-8-7-9-11-24)26-18-14-23(15-19-26)32-28(30)21(4)6-2/h5-19H,1-4H3/q+1/b20-5+,21-6+. The molecule has 0 radical (unpaired) electrons. The number of rotatable bonds is 7. The number of carbonyl (C=O) groups is 2. The molecular formula is C28H27O4S+. The average molecular weight is 460 g/mol. The van der Waals surface area contributed by atoms with Gasteiger partial charge in [0.2, 0.25) is 0 Å². The summed E-state index contributed by atoms with van der Waals surface area (Å²) in [5.74, 6) is 0.294. The Labute approximate surface area is 197 Å². The summed E-state index contributed by atoms with van der Waals surface area (Å²) in [5, 5.41) is 0. The number of ether oxygens (including phenoxy) is 2. The van der Waals surface area contributed by atoms with Crippen LogP contribution in [0.5, 0.6) is 11.5 Å². The van der Waals surface area contributed by atoms with E-state index in [0.717, 1.165) is 14.7 Å². The highest BCUT2D eigenvalue weighted by atomic mass is 32.2.